The highest BCUT2D eigenvalue weighted by Gasteiger charge is 2.35. The number of hydrogen-bond donors (Lipinski definition) is 3. The van der Waals surface area contributed by atoms with Crippen molar-refractivity contribution in [3.63, 3.8) is 0 Å². The van der Waals surface area contributed by atoms with Gasteiger partial charge in [0.2, 0.25) is 5.82 Å². The fourth-order valence-corrected chi connectivity index (χ4v) is 1.55. The van der Waals surface area contributed by atoms with Crippen molar-refractivity contribution in [2.24, 2.45) is 5.84 Å². The lowest BCUT2D eigenvalue weighted by Gasteiger charge is -2.14. The second-order valence-corrected chi connectivity index (χ2v) is 3.99. The molecule has 0 saturated carbocycles. The predicted octanol–water partition coefficient (Wildman–Crippen LogP) is 2.55. The lowest BCUT2D eigenvalue weighted by Crippen LogP contribution is -2.18. The Kier molecular flexibility index (Phi) is 3.79. The second kappa shape index (κ2) is 5.37. The molecule has 0 aromatic carbocycles. The van der Waals surface area contributed by atoms with Gasteiger partial charge in [-0.3, -0.25) is 0 Å². The number of nitrogens with zero attached hydrogens (tertiary/aromatic N) is 2. The lowest BCUT2D eigenvalue weighted by atomic mass is 10.2. The van der Waals surface area contributed by atoms with Crippen molar-refractivity contribution in [2.75, 3.05) is 10.7 Å². The van der Waals surface area contributed by atoms with E-state index in [4.69, 9.17) is 10.3 Å². The summed E-state index contributed by atoms with van der Waals surface area (Å²) in [7, 11) is 0. The average Bonchev–Trinajstić information content (AvgIpc) is 2.91. The standard InChI is InChI=1S/C11H12F3N5O/c1-6(7-3-2-4-20-7)16-8-5-9(19-15)18-10(17-8)11(12,13)14/h2-6H,15H2,1H3,(H2,16,17,18,19). The number of hydrazine groups is 1. The molecule has 0 bridgehead atoms. The van der Waals surface area contributed by atoms with Crippen LogP contribution >= 0.6 is 0 Å². The van der Waals surface area contributed by atoms with Crippen molar-refractivity contribution >= 4 is 11.6 Å². The summed E-state index contributed by atoms with van der Waals surface area (Å²) >= 11 is 0. The van der Waals surface area contributed by atoms with E-state index >= 15 is 0 Å². The highest BCUT2D eigenvalue weighted by molar-refractivity contribution is 5.48. The molecule has 1 unspecified atom stereocenters. The zero-order chi connectivity index (χ0) is 14.8. The van der Waals surface area contributed by atoms with Crippen molar-refractivity contribution in [1.82, 2.24) is 9.97 Å². The van der Waals surface area contributed by atoms with Crippen LogP contribution in [0.5, 0.6) is 0 Å². The maximum atomic E-state index is 12.7. The van der Waals surface area contributed by atoms with Crippen LogP contribution in [0.15, 0.2) is 28.9 Å². The number of furan rings is 1. The molecule has 0 saturated heterocycles. The molecule has 0 radical (unpaired) electrons. The Morgan fingerprint density at radius 3 is 2.55 bits per heavy atom. The van der Waals surface area contributed by atoms with Gasteiger partial charge in [-0.15, -0.1) is 0 Å². The fraction of sp³-hybridized carbons (Fsp3) is 0.273. The molecule has 0 aliphatic carbocycles. The summed E-state index contributed by atoms with van der Waals surface area (Å²) in [6, 6.07) is 4.30. The van der Waals surface area contributed by atoms with Gasteiger partial charge in [0.05, 0.1) is 12.3 Å². The third-order valence-electron chi connectivity index (χ3n) is 2.46. The third-order valence-corrected chi connectivity index (χ3v) is 2.46. The Bertz CT molecular complexity index is 570. The fourth-order valence-electron chi connectivity index (χ4n) is 1.55. The Morgan fingerprint density at radius 1 is 1.30 bits per heavy atom. The minimum atomic E-state index is -4.66. The number of nitrogens with two attached hydrogens (primary N) is 1. The van der Waals surface area contributed by atoms with E-state index in [2.05, 4.69) is 20.7 Å². The molecule has 0 aliphatic heterocycles. The first-order valence-corrected chi connectivity index (χ1v) is 5.63. The summed E-state index contributed by atoms with van der Waals surface area (Å²) < 4.78 is 43.1. The molecule has 2 heterocycles. The summed E-state index contributed by atoms with van der Waals surface area (Å²) in [4.78, 5) is 6.68. The van der Waals surface area contributed by atoms with Gasteiger partial charge in [0.1, 0.15) is 17.4 Å². The lowest BCUT2D eigenvalue weighted by molar-refractivity contribution is -0.144. The summed E-state index contributed by atoms with van der Waals surface area (Å²) in [5.41, 5.74) is 2.07. The number of halogens is 3. The summed E-state index contributed by atoms with van der Waals surface area (Å²) in [5.74, 6) is 4.25. The Labute approximate surface area is 112 Å². The highest BCUT2D eigenvalue weighted by atomic mass is 19.4. The van der Waals surface area contributed by atoms with Crippen LogP contribution in [0.4, 0.5) is 24.8 Å². The highest BCUT2D eigenvalue weighted by Crippen LogP contribution is 2.29. The number of nitrogens with one attached hydrogen (secondary N) is 2. The molecule has 6 nitrogen and oxygen atoms in total. The molecule has 2 rings (SSSR count). The van der Waals surface area contributed by atoms with Crippen molar-refractivity contribution < 1.29 is 17.6 Å². The van der Waals surface area contributed by atoms with E-state index in [1.165, 1.54) is 12.3 Å². The number of aromatic nitrogens is 2. The van der Waals surface area contributed by atoms with Gasteiger partial charge in [-0.05, 0) is 19.1 Å². The van der Waals surface area contributed by atoms with Crippen LogP contribution in [0, 0.1) is 0 Å². The zero-order valence-corrected chi connectivity index (χ0v) is 10.4. The molecule has 2 aromatic heterocycles. The first kappa shape index (κ1) is 14.1. The molecule has 1 atom stereocenters. The van der Waals surface area contributed by atoms with Gasteiger partial charge in [0.25, 0.3) is 0 Å². The Hall–Kier alpha value is -2.29. The molecular formula is C11H12F3N5O. The normalized spacial score (nSPS) is 13.1. The molecular weight excluding hydrogens is 275 g/mol. The van der Waals surface area contributed by atoms with Gasteiger partial charge in [0.15, 0.2) is 0 Å². The molecule has 2 aromatic rings. The summed E-state index contributed by atoms with van der Waals surface area (Å²) in [5, 5.41) is 2.79. The third kappa shape index (κ3) is 3.18. The van der Waals surface area contributed by atoms with E-state index in [-0.39, 0.29) is 17.7 Å². The average molecular weight is 287 g/mol. The monoisotopic (exact) mass is 287 g/mol. The number of nitrogen functional groups attached to an aromatic ring is 1. The molecule has 9 heteroatoms. The Morgan fingerprint density at radius 2 is 2.00 bits per heavy atom. The molecule has 4 N–H and O–H groups in total. The number of alkyl halides is 3. The van der Waals surface area contributed by atoms with Gasteiger partial charge in [-0.1, -0.05) is 0 Å². The SMILES string of the molecule is CC(Nc1cc(NN)nc(C(F)(F)F)n1)c1ccco1. The van der Waals surface area contributed by atoms with Crippen LogP contribution in [-0.4, -0.2) is 9.97 Å². The minimum absolute atomic E-state index is 0.0100. The first-order valence-electron chi connectivity index (χ1n) is 5.63. The summed E-state index contributed by atoms with van der Waals surface area (Å²) in [6.45, 7) is 1.73. The molecule has 108 valence electrons. The van der Waals surface area contributed by atoms with Crippen LogP contribution in [0.25, 0.3) is 0 Å². The van der Waals surface area contributed by atoms with E-state index in [1.54, 1.807) is 19.1 Å². The van der Waals surface area contributed by atoms with E-state index in [0.717, 1.165) is 0 Å². The van der Waals surface area contributed by atoms with Crippen molar-refractivity contribution in [1.29, 1.82) is 0 Å². The van der Waals surface area contributed by atoms with Crippen LogP contribution in [0.1, 0.15) is 24.6 Å². The van der Waals surface area contributed by atoms with Gasteiger partial charge in [-0.2, -0.15) is 13.2 Å². The molecule has 0 aliphatic rings. The number of anilines is 2. The molecule has 20 heavy (non-hydrogen) atoms. The number of hydrogen-bond acceptors (Lipinski definition) is 6. The van der Waals surface area contributed by atoms with E-state index in [9.17, 15) is 13.2 Å². The van der Waals surface area contributed by atoms with Crippen molar-refractivity contribution in [3.8, 4) is 0 Å². The van der Waals surface area contributed by atoms with Crippen LogP contribution in [0.3, 0.4) is 0 Å². The van der Waals surface area contributed by atoms with Gasteiger partial charge in [-0.25, -0.2) is 15.8 Å². The van der Waals surface area contributed by atoms with Crippen LogP contribution in [-0.2, 0) is 6.18 Å². The smallest absolute Gasteiger partial charge is 0.451 e. The van der Waals surface area contributed by atoms with Gasteiger partial charge >= 0.3 is 6.18 Å². The minimum Gasteiger partial charge on any atom is -0.467 e. The van der Waals surface area contributed by atoms with Gasteiger partial charge in [0, 0.05) is 6.07 Å². The maximum absolute atomic E-state index is 12.7. The van der Waals surface area contributed by atoms with E-state index < -0.39 is 12.0 Å². The zero-order valence-electron chi connectivity index (χ0n) is 10.4. The summed E-state index contributed by atoms with van der Waals surface area (Å²) in [6.07, 6.45) is -3.18. The van der Waals surface area contributed by atoms with Crippen LogP contribution < -0.4 is 16.6 Å². The largest absolute Gasteiger partial charge is 0.467 e. The second-order valence-electron chi connectivity index (χ2n) is 3.99. The van der Waals surface area contributed by atoms with Crippen molar-refractivity contribution in [3.05, 3.63) is 36.0 Å². The molecule has 0 amide bonds. The topological polar surface area (TPSA) is 89.0 Å². The molecule has 0 fully saturated rings. The first-order chi connectivity index (χ1) is 9.40. The quantitative estimate of drug-likeness (QED) is 0.591. The van der Waals surface area contributed by atoms with E-state index in [0.29, 0.717) is 5.76 Å². The van der Waals surface area contributed by atoms with E-state index in [1.807, 2.05) is 0 Å². The van der Waals surface area contributed by atoms with Crippen molar-refractivity contribution in [2.45, 2.75) is 19.1 Å². The Balaban J connectivity index is 2.27. The molecule has 0 spiro atoms. The van der Waals surface area contributed by atoms with Gasteiger partial charge < -0.3 is 15.2 Å². The van der Waals surface area contributed by atoms with Crippen LogP contribution in [0.2, 0.25) is 0 Å². The number of rotatable bonds is 4. The predicted molar refractivity (Wildman–Crippen MR) is 65.6 cm³/mol. The maximum Gasteiger partial charge on any atom is 0.451 e.